The summed E-state index contributed by atoms with van der Waals surface area (Å²) in [5.41, 5.74) is 8.67. The van der Waals surface area contributed by atoms with Crippen molar-refractivity contribution in [2.75, 3.05) is 17.2 Å². The highest BCUT2D eigenvalue weighted by atomic mass is 35.5. The Balaban J connectivity index is 0.00000210. The summed E-state index contributed by atoms with van der Waals surface area (Å²) in [6.45, 7) is 0.999. The van der Waals surface area contributed by atoms with Crippen LogP contribution in [-0.2, 0) is 11.3 Å². The monoisotopic (exact) mass is 388 g/mol. The standard InChI is InChI=1S/C18H20N6O2.ClH/c19-15(25)5-6-20-16-14(10-1-2-10)9-22-18(24-16)23-12-4-3-11-8-21-17(26)13(11)7-12;/h3-4,7,9-10H,1-2,5-6,8H2,(H2,19,25)(H,21,26)(H2,20,22,23,24);1H. The topological polar surface area (TPSA) is 122 Å². The van der Waals surface area contributed by atoms with E-state index in [1.54, 1.807) is 6.07 Å². The van der Waals surface area contributed by atoms with E-state index in [0.29, 0.717) is 30.5 Å². The molecule has 5 N–H and O–H groups in total. The molecule has 1 aromatic carbocycles. The van der Waals surface area contributed by atoms with Crippen molar-refractivity contribution in [3.8, 4) is 0 Å². The third kappa shape index (κ3) is 4.28. The third-order valence-electron chi connectivity index (χ3n) is 4.55. The quantitative estimate of drug-likeness (QED) is 0.575. The van der Waals surface area contributed by atoms with Crippen molar-refractivity contribution in [1.29, 1.82) is 0 Å². The number of halogens is 1. The minimum absolute atomic E-state index is 0. The number of amides is 2. The number of primary amides is 1. The molecule has 0 unspecified atom stereocenters. The Morgan fingerprint density at radius 3 is 2.89 bits per heavy atom. The van der Waals surface area contributed by atoms with E-state index in [1.165, 1.54) is 0 Å². The van der Waals surface area contributed by atoms with Gasteiger partial charge in [-0.1, -0.05) is 6.07 Å². The van der Waals surface area contributed by atoms with E-state index in [9.17, 15) is 9.59 Å². The molecule has 27 heavy (non-hydrogen) atoms. The Bertz CT molecular complexity index is 884. The van der Waals surface area contributed by atoms with Crippen LogP contribution in [0.5, 0.6) is 0 Å². The summed E-state index contributed by atoms with van der Waals surface area (Å²) >= 11 is 0. The fourth-order valence-corrected chi connectivity index (χ4v) is 3.01. The van der Waals surface area contributed by atoms with Crippen molar-refractivity contribution in [3.63, 3.8) is 0 Å². The summed E-state index contributed by atoms with van der Waals surface area (Å²) in [7, 11) is 0. The van der Waals surface area contributed by atoms with Gasteiger partial charge in [-0.15, -0.1) is 12.4 Å². The number of carbonyl (C=O) groups is 2. The highest BCUT2D eigenvalue weighted by molar-refractivity contribution is 5.99. The van der Waals surface area contributed by atoms with Crippen molar-refractivity contribution in [2.24, 2.45) is 5.73 Å². The summed E-state index contributed by atoms with van der Waals surface area (Å²) in [6.07, 6.45) is 4.32. The molecule has 2 amide bonds. The van der Waals surface area contributed by atoms with Gasteiger partial charge >= 0.3 is 0 Å². The number of hydrogen-bond donors (Lipinski definition) is 4. The molecule has 0 saturated heterocycles. The second-order valence-corrected chi connectivity index (χ2v) is 6.59. The largest absolute Gasteiger partial charge is 0.370 e. The maximum atomic E-state index is 11.8. The van der Waals surface area contributed by atoms with Crippen LogP contribution in [0.3, 0.4) is 0 Å². The lowest BCUT2D eigenvalue weighted by atomic mass is 10.1. The summed E-state index contributed by atoms with van der Waals surface area (Å²) in [4.78, 5) is 31.7. The highest BCUT2D eigenvalue weighted by Gasteiger charge is 2.27. The number of nitrogens with two attached hydrogens (primary N) is 1. The van der Waals surface area contributed by atoms with Gasteiger partial charge in [-0.2, -0.15) is 4.98 Å². The van der Waals surface area contributed by atoms with Crippen LogP contribution in [0.2, 0.25) is 0 Å². The lowest BCUT2D eigenvalue weighted by Crippen LogP contribution is -2.17. The zero-order valence-corrected chi connectivity index (χ0v) is 15.4. The fraction of sp³-hybridized carbons (Fsp3) is 0.333. The lowest BCUT2D eigenvalue weighted by molar-refractivity contribution is -0.117. The zero-order chi connectivity index (χ0) is 18.1. The molecule has 0 bridgehead atoms. The first-order valence-electron chi connectivity index (χ1n) is 8.67. The summed E-state index contributed by atoms with van der Waals surface area (Å²) in [5.74, 6) is 1.22. The average molecular weight is 389 g/mol. The summed E-state index contributed by atoms with van der Waals surface area (Å²) in [5, 5.41) is 9.13. The molecule has 9 heteroatoms. The number of carbonyl (C=O) groups excluding carboxylic acids is 2. The van der Waals surface area contributed by atoms with Crippen LogP contribution in [0, 0.1) is 0 Å². The SMILES string of the molecule is Cl.NC(=O)CCNc1nc(Nc2ccc3c(c2)C(=O)NC3)ncc1C1CC1. The number of nitrogens with zero attached hydrogens (tertiary/aromatic N) is 2. The van der Waals surface area contributed by atoms with Crippen molar-refractivity contribution in [1.82, 2.24) is 15.3 Å². The van der Waals surface area contributed by atoms with Gasteiger partial charge in [0.15, 0.2) is 0 Å². The van der Waals surface area contributed by atoms with Crippen LogP contribution in [0.15, 0.2) is 24.4 Å². The van der Waals surface area contributed by atoms with Gasteiger partial charge in [0.2, 0.25) is 11.9 Å². The molecule has 4 rings (SSSR count). The Morgan fingerprint density at radius 1 is 1.33 bits per heavy atom. The second kappa shape index (κ2) is 7.79. The van der Waals surface area contributed by atoms with Crippen LogP contribution < -0.4 is 21.7 Å². The van der Waals surface area contributed by atoms with E-state index >= 15 is 0 Å². The highest BCUT2D eigenvalue weighted by Crippen LogP contribution is 2.42. The van der Waals surface area contributed by atoms with E-state index < -0.39 is 0 Å². The Hall–Kier alpha value is -2.87. The van der Waals surface area contributed by atoms with Gasteiger partial charge in [-0.25, -0.2) is 4.98 Å². The molecule has 0 atom stereocenters. The van der Waals surface area contributed by atoms with E-state index in [4.69, 9.17) is 5.73 Å². The zero-order valence-electron chi connectivity index (χ0n) is 14.6. The molecule has 1 fully saturated rings. The van der Waals surface area contributed by atoms with Gasteiger partial charge in [-0.05, 0) is 36.5 Å². The van der Waals surface area contributed by atoms with E-state index in [-0.39, 0.29) is 30.6 Å². The molecule has 2 aliphatic rings. The van der Waals surface area contributed by atoms with Crippen LogP contribution in [0.4, 0.5) is 17.5 Å². The molecule has 0 spiro atoms. The van der Waals surface area contributed by atoms with Crippen molar-refractivity contribution in [2.45, 2.75) is 31.7 Å². The normalized spacial score (nSPS) is 14.7. The van der Waals surface area contributed by atoms with Gasteiger partial charge in [0.1, 0.15) is 5.82 Å². The first-order valence-corrected chi connectivity index (χ1v) is 8.67. The van der Waals surface area contributed by atoms with Gasteiger partial charge in [0.25, 0.3) is 5.91 Å². The number of benzene rings is 1. The Kier molecular flexibility index (Phi) is 5.46. The number of fused-ring (bicyclic) bond motifs is 1. The third-order valence-corrected chi connectivity index (χ3v) is 4.55. The maximum Gasteiger partial charge on any atom is 0.251 e. The van der Waals surface area contributed by atoms with Gasteiger partial charge in [0, 0.05) is 42.5 Å². The fourth-order valence-electron chi connectivity index (χ4n) is 3.01. The van der Waals surface area contributed by atoms with E-state index in [1.807, 2.05) is 18.3 Å². The number of rotatable bonds is 7. The molecule has 2 aromatic rings. The molecule has 1 aliphatic carbocycles. The van der Waals surface area contributed by atoms with Crippen LogP contribution >= 0.6 is 12.4 Å². The first-order chi connectivity index (χ1) is 12.6. The van der Waals surface area contributed by atoms with Gasteiger partial charge in [0.05, 0.1) is 0 Å². The molecule has 0 radical (unpaired) electrons. The van der Waals surface area contributed by atoms with Crippen LogP contribution in [0.25, 0.3) is 0 Å². The average Bonchev–Trinajstić information content (AvgIpc) is 3.39. The van der Waals surface area contributed by atoms with Gasteiger partial charge < -0.3 is 21.7 Å². The molecule has 1 aromatic heterocycles. The molecule has 2 heterocycles. The van der Waals surface area contributed by atoms with Crippen molar-refractivity contribution < 1.29 is 9.59 Å². The minimum Gasteiger partial charge on any atom is -0.370 e. The predicted octanol–water partition coefficient (Wildman–Crippen LogP) is 2.05. The summed E-state index contributed by atoms with van der Waals surface area (Å²) < 4.78 is 0. The lowest BCUT2D eigenvalue weighted by Gasteiger charge is -2.12. The number of hydrogen-bond acceptors (Lipinski definition) is 6. The maximum absolute atomic E-state index is 11.8. The first kappa shape index (κ1) is 18.9. The molecule has 8 nitrogen and oxygen atoms in total. The molecular formula is C18H21ClN6O2. The minimum atomic E-state index is -0.353. The van der Waals surface area contributed by atoms with Crippen LogP contribution in [-0.4, -0.2) is 28.3 Å². The van der Waals surface area contributed by atoms with Crippen molar-refractivity contribution >= 4 is 41.7 Å². The smallest absolute Gasteiger partial charge is 0.251 e. The summed E-state index contributed by atoms with van der Waals surface area (Å²) in [6, 6.07) is 5.62. The number of anilines is 3. The predicted molar refractivity (Wildman–Crippen MR) is 104 cm³/mol. The molecule has 1 aliphatic heterocycles. The Labute approximate surface area is 162 Å². The number of aromatic nitrogens is 2. The van der Waals surface area contributed by atoms with Crippen LogP contribution in [0.1, 0.15) is 46.7 Å². The van der Waals surface area contributed by atoms with Gasteiger partial charge in [-0.3, -0.25) is 9.59 Å². The molecule has 142 valence electrons. The second-order valence-electron chi connectivity index (χ2n) is 6.59. The molecule has 1 saturated carbocycles. The van der Waals surface area contributed by atoms with E-state index in [2.05, 4.69) is 25.9 Å². The van der Waals surface area contributed by atoms with Crippen molar-refractivity contribution in [3.05, 3.63) is 41.1 Å². The van der Waals surface area contributed by atoms with E-state index in [0.717, 1.165) is 35.5 Å². The number of nitrogens with one attached hydrogen (secondary N) is 3. The molecular weight excluding hydrogens is 368 g/mol. The Morgan fingerprint density at radius 2 is 2.15 bits per heavy atom.